The van der Waals surface area contributed by atoms with E-state index in [9.17, 15) is 0 Å². The van der Waals surface area contributed by atoms with E-state index in [0.29, 0.717) is 5.02 Å². The Morgan fingerprint density at radius 2 is 1.59 bits per heavy atom. The van der Waals surface area contributed by atoms with E-state index >= 15 is 0 Å². The van der Waals surface area contributed by atoms with Crippen LogP contribution in [0.25, 0.3) is 16.9 Å². The summed E-state index contributed by atoms with van der Waals surface area (Å²) in [5.41, 5.74) is 8.11. The maximum atomic E-state index is 6.34. The maximum Gasteiger partial charge on any atom is 0.113 e. The lowest BCUT2D eigenvalue weighted by Crippen LogP contribution is -1.97. The van der Waals surface area contributed by atoms with E-state index in [4.69, 9.17) is 11.6 Å². The SMILES string of the molecule is Cc1cc(Nc2cccc(-n3cc(-c4ccc(Nc5ccnc(C)c5Cl)cc4)nn3)c2)ccn1. The lowest BCUT2D eigenvalue weighted by atomic mass is 10.1. The molecule has 0 bridgehead atoms. The van der Waals surface area contributed by atoms with Crippen LogP contribution in [-0.4, -0.2) is 25.0 Å². The minimum Gasteiger partial charge on any atom is -0.355 e. The maximum absolute atomic E-state index is 6.34. The van der Waals surface area contributed by atoms with Crippen molar-refractivity contribution in [3.8, 4) is 16.9 Å². The summed E-state index contributed by atoms with van der Waals surface area (Å²) < 4.78 is 1.77. The number of anilines is 4. The van der Waals surface area contributed by atoms with Gasteiger partial charge in [0.15, 0.2) is 0 Å². The Morgan fingerprint density at radius 1 is 0.794 bits per heavy atom. The normalized spacial score (nSPS) is 10.8. The summed E-state index contributed by atoms with van der Waals surface area (Å²) >= 11 is 6.34. The van der Waals surface area contributed by atoms with Gasteiger partial charge in [-0.25, -0.2) is 4.68 Å². The van der Waals surface area contributed by atoms with Crippen molar-refractivity contribution >= 4 is 34.4 Å². The van der Waals surface area contributed by atoms with E-state index in [1.165, 1.54) is 0 Å². The average Bonchev–Trinajstić information content (AvgIpc) is 3.33. The fourth-order valence-corrected chi connectivity index (χ4v) is 3.72. The molecular weight excluding hydrogens is 446 g/mol. The molecule has 8 heteroatoms. The van der Waals surface area contributed by atoms with Gasteiger partial charge in [-0.1, -0.05) is 35.0 Å². The first-order valence-corrected chi connectivity index (χ1v) is 11.1. The number of halogens is 1. The molecule has 2 aromatic carbocycles. The first kappa shape index (κ1) is 21.6. The molecule has 3 heterocycles. The molecule has 0 atom stereocenters. The van der Waals surface area contributed by atoms with Crippen LogP contribution >= 0.6 is 11.6 Å². The van der Waals surface area contributed by atoms with Crippen LogP contribution in [0.2, 0.25) is 5.02 Å². The van der Waals surface area contributed by atoms with Crippen LogP contribution in [0.15, 0.2) is 85.3 Å². The second-order valence-electron chi connectivity index (χ2n) is 7.87. The van der Waals surface area contributed by atoms with Crippen LogP contribution in [0.3, 0.4) is 0 Å². The van der Waals surface area contributed by atoms with E-state index in [2.05, 4.69) is 30.9 Å². The first-order valence-electron chi connectivity index (χ1n) is 10.8. The van der Waals surface area contributed by atoms with Crippen LogP contribution < -0.4 is 10.6 Å². The van der Waals surface area contributed by atoms with Crippen LogP contribution in [-0.2, 0) is 0 Å². The van der Waals surface area contributed by atoms with Gasteiger partial charge in [0.1, 0.15) is 5.69 Å². The van der Waals surface area contributed by atoms with Gasteiger partial charge in [-0.05, 0) is 62.4 Å². The quantitative estimate of drug-likeness (QED) is 0.297. The van der Waals surface area contributed by atoms with Crippen molar-refractivity contribution < 1.29 is 0 Å². The van der Waals surface area contributed by atoms with Gasteiger partial charge in [0.25, 0.3) is 0 Å². The number of nitrogens with one attached hydrogen (secondary N) is 2. The second-order valence-corrected chi connectivity index (χ2v) is 8.25. The summed E-state index contributed by atoms with van der Waals surface area (Å²) in [4.78, 5) is 8.43. The molecule has 3 aromatic heterocycles. The number of benzene rings is 2. The van der Waals surface area contributed by atoms with Crippen LogP contribution in [0.1, 0.15) is 11.4 Å². The molecule has 2 N–H and O–H groups in total. The molecule has 0 fully saturated rings. The zero-order chi connectivity index (χ0) is 23.5. The molecule has 0 saturated carbocycles. The predicted octanol–water partition coefficient (Wildman–Crippen LogP) is 6.48. The first-order chi connectivity index (χ1) is 16.5. The molecule has 0 amide bonds. The molecule has 5 rings (SSSR count). The molecule has 0 aliphatic heterocycles. The van der Waals surface area contributed by atoms with Crippen LogP contribution in [0, 0.1) is 13.8 Å². The molecule has 0 aliphatic rings. The van der Waals surface area contributed by atoms with Gasteiger partial charge < -0.3 is 10.6 Å². The average molecular weight is 468 g/mol. The highest BCUT2D eigenvalue weighted by molar-refractivity contribution is 6.33. The number of hydrogen-bond acceptors (Lipinski definition) is 6. The Labute approximate surface area is 202 Å². The second kappa shape index (κ2) is 9.33. The smallest absolute Gasteiger partial charge is 0.113 e. The van der Waals surface area contributed by atoms with Crippen molar-refractivity contribution in [2.45, 2.75) is 13.8 Å². The van der Waals surface area contributed by atoms with E-state index in [1.807, 2.05) is 86.8 Å². The molecule has 0 aliphatic carbocycles. The Morgan fingerprint density at radius 3 is 2.41 bits per heavy atom. The highest BCUT2D eigenvalue weighted by Gasteiger charge is 2.08. The standard InChI is InChI=1S/C26H22ClN7/c1-17-14-22(10-12-28-17)30-21-4-3-5-23(15-21)34-16-25(32-33-34)19-6-8-20(9-7-19)31-24-11-13-29-18(2)26(24)27/h3-16H,1-2H3,(H,28,30)(H,29,31). The third-order valence-electron chi connectivity index (χ3n) is 5.31. The Balaban J connectivity index is 1.32. The molecular formula is C26H22ClN7. The third-order valence-corrected chi connectivity index (χ3v) is 5.79. The van der Waals surface area contributed by atoms with E-state index < -0.39 is 0 Å². The summed E-state index contributed by atoms with van der Waals surface area (Å²) in [6.07, 6.45) is 5.44. The topological polar surface area (TPSA) is 80.5 Å². The molecule has 7 nitrogen and oxygen atoms in total. The van der Waals surface area contributed by atoms with E-state index in [1.54, 1.807) is 17.1 Å². The van der Waals surface area contributed by atoms with Crippen molar-refractivity contribution in [2.24, 2.45) is 0 Å². The van der Waals surface area contributed by atoms with Crippen molar-refractivity contribution in [3.05, 3.63) is 102 Å². The van der Waals surface area contributed by atoms with Gasteiger partial charge in [-0.15, -0.1) is 5.10 Å². The van der Waals surface area contributed by atoms with Crippen molar-refractivity contribution in [1.29, 1.82) is 0 Å². The third kappa shape index (κ3) is 4.74. The molecule has 34 heavy (non-hydrogen) atoms. The monoisotopic (exact) mass is 467 g/mol. The fraction of sp³-hybridized carbons (Fsp3) is 0.0769. The molecule has 0 saturated heterocycles. The molecule has 5 aromatic rings. The molecule has 0 unspecified atom stereocenters. The van der Waals surface area contributed by atoms with Crippen molar-refractivity contribution in [1.82, 2.24) is 25.0 Å². The fourth-order valence-electron chi connectivity index (χ4n) is 3.56. The number of pyridine rings is 2. The van der Waals surface area contributed by atoms with Gasteiger partial charge in [0, 0.05) is 40.7 Å². The zero-order valence-electron chi connectivity index (χ0n) is 18.7. The Kier molecular flexibility index (Phi) is 5.93. The van der Waals surface area contributed by atoms with Gasteiger partial charge >= 0.3 is 0 Å². The predicted molar refractivity (Wildman–Crippen MR) is 136 cm³/mol. The minimum absolute atomic E-state index is 0.616. The van der Waals surface area contributed by atoms with Crippen molar-refractivity contribution in [3.63, 3.8) is 0 Å². The van der Waals surface area contributed by atoms with Gasteiger partial charge in [-0.3, -0.25) is 9.97 Å². The lowest BCUT2D eigenvalue weighted by molar-refractivity contribution is 0.804. The number of hydrogen-bond donors (Lipinski definition) is 2. The summed E-state index contributed by atoms with van der Waals surface area (Å²) in [5.74, 6) is 0. The Hall–Kier alpha value is -4.23. The van der Waals surface area contributed by atoms with Gasteiger partial charge in [-0.2, -0.15) is 0 Å². The highest BCUT2D eigenvalue weighted by atomic mass is 35.5. The molecule has 0 radical (unpaired) electrons. The largest absolute Gasteiger partial charge is 0.355 e. The summed E-state index contributed by atoms with van der Waals surface area (Å²) in [6.45, 7) is 3.85. The van der Waals surface area contributed by atoms with E-state index in [-0.39, 0.29) is 0 Å². The van der Waals surface area contributed by atoms with Crippen LogP contribution in [0.5, 0.6) is 0 Å². The molecule has 168 valence electrons. The lowest BCUT2D eigenvalue weighted by Gasteiger charge is -2.10. The van der Waals surface area contributed by atoms with E-state index in [0.717, 1.165) is 51.1 Å². The number of rotatable bonds is 6. The summed E-state index contributed by atoms with van der Waals surface area (Å²) in [7, 11) is 0. The number of aryl methyl sites for hydroxylation is 2. The highest BCUT2D eigenvalue weighted by Crippen LogP contribution is 2.28. The van der Waals surface area contributed by atoms with Crippen molar-refractivity contribution in [2.75, 3.05) is 10.6 Å². The number of aromatic nitrogens is 5. The Bertz CT molecular complexity index is 1440. The number of nitrogens with zero attached hydrogens (tertiary/aromatic N) is 5. The van der Waals surface area contributed by atoms with Crippen LogP contribution in [0.4, 0.5) is 22.7 Å². The molecule has 0 spiro atoms. The van der Waals surface area contributed by atoms with Gasteiger partial charge in [0.2, 0.25) is 0 Å². The summed E-state index contributed by atoms with van der Waals surface area (Å²) in [5, 5.41) is 16.0. The summed E-state index contributed by atoms with van der Waals surface area (Å²) in [6, 6.07) is 21.8. The minimum atomic E-state index is 0.616. The van der Waals surface area contributed by atoms with Gasteiger partial charge in [0.05, 0.1) is 28.3 Å². The zero-order valence-corrected chi connectivity index (χ0v) is 19.5.